The topological polar surface area (TPSA) is 138 Å². The molecule has 4 rings (SSSR count). The predicted molar refractivity (Wildman–Crippen MR) is 114 cm³/mol. The molecule has 0 aliphatic rings. The van der Waals surface area contributed by atoms with Crippen molar-refractivity contribution >= 4 is 5.69 Å². The van der Waals surface area contributed by atoms with E-state index in [2.05, 4.69) is 10.2 Å². The maximum absolute atomic E-state index is 13.5. The Hall–Kier alpha value is -4.41. The molecule has 1 N–H and O–H groups in total. The van der Waals surface area contributed by atoms with Gasteiger partial charge in [-0.1, -0.05) is 12.1 Å². The summed E-state index contributed by atoms with van der Waals surface area (Å²) in [6, 6.07) is 8.38. The van der Waals surface area contributed by atoms with Crippen molar-refractivity contribution in [2.45, 2.75) is 20.0 Å². The zero-order valence-electron chi connectivity index (χ0n) is 17.3. The van der Waals surface area contributed by atoms with Crippen molar-refractivity contribution in [1.82, 2.24) is 19.3 Å². The number of ether oxygens (including phenoxy) is 1. The average molecular weight is 437 g/mol. The maximum Gasteiger partial charge on any atom is 0.358 e. The molecule has 0 fully saturated rings. The fraction of sp³-hybridized carbons (Fsp3) is 0.190. The van der Waals surface area contributed by atoms with Gasteiger partial charge in [-0.25, -0.2) is 9.36 Å². The van der Waals surface area contributed by atoms with Crippen LogP contribution in [-0.2, 0) is 13.1 Å². The van der Waals surface area contributed by atoms with Gasteiger partial charge < -0.3 is 9.15 Å². The van der Waals surface area contributed by atoms with E-state index in [0.29, 0.717) is 28.1 Å². The van der Waals surface area contributed by atoms with E-state index in [0.717, 1.165) is 4.57 Å². The number of benzene rings is 1. The van der Waals surface area contributed by atoms with E-state index in [-0.39, 0.29) is 18.8 Å². The van der Waals surface area contributed by atoms with E-state index in [9.17, 15) is 19.7 Å². The second-order valence-corrected chi connectivity index (χ2v) is 7.10. The second-order valence-electron chi connectivity index (χ2n) is 7.10. The van der Waals surface area contributed by atoms with Crippen molar-refractivity contribution in [3.8, 4) is 17.0 Å². The molecular weight excluding hydrogens is 418 g/mol. The van der Waals surface area contributed by atoms with Crippen LogP contribution in [0, 0.1) is 17.0 Å². The molecular formula is C21H19N5O6. The highest BCUT2D eigenvalue weighted by Gasteiger charge is 2.30. The van der Waals surface area contributed by atoms with E-state index in [4.69, 9.17) is 9.15 Å². The molecule has 0 unspecified atom stereocenters. The van der Waals surface area contributed by atoms with Crippen LogP contribution >= 0.6 is 0 Å². The first-order chi connectivity index (χ1) is 15.4. The van der Waals surface area contributed by atoms with Crippen molar-refractivity contribution in [2.24, 2.45) is 0 Å². The standard InChI is InChI=1S/C21H19N5O6/c1-13-17(9-22-23-13)18-19(26(29)30)20(27)25(10-14-3-5-16(31-2)6-4-14)21(28)24(18)11-15-7-8-32-12-15/h3-9,12H,10-11H2,1-2H3,(H,22,23). The Kier molecular flexibility index (Phi) is 5.46. The SMILES string of the molecule is COc1ccc(Cn2c(=O)c([N+](=O)[O-])c(-c3cn[nH]c3C)n(Cc3ccoc3)c2=O)cc1. The summed E-state index contributed by atoms with van der Waals surface area (Å²) in [5.41, 5.74) is -0.482. The smallest absolute Gasteiger partial charge is 0.358 e. The Morgan fingerprint density at radius 2 is 1.84 bits per heavy atom. The molecule has 0 atom stereocenters. The van der Waals surface area contributed by atoms with Crippen molar-refractivity contribution in [1.29, 1.82) is 0 Å². The van der Waals surface area contributed by atoms with Crippen LogP contribution in [0.15, 0.2) is 63.1 Å². The van der Waals surface area contributed by atoms with Gasteiger partial charge in [0.25, 0.3) is 0 Å². The molecule has 164 valence electrons. The molecule has 3 aromatic heterocycles. The molecule has 1 aromatic carbocycles. The number of aromatic nitrogens is 4. The normalized spacial score (nSPS) is 10.9. The first-order valence-corrected chi connectivity index (χ1v) is 9.57. The van der Waals surface area contributed by atoms with Crippen molar-refractivity contribution < 1.29 is 14.1 Å². The number of nitro groups is 1. The number of aromatic amines is 1. The van der Waals surface area contributed by atoms with E-state index in [1.165, 1.54) is 30.4 Å². The summed E-state index contributed by atoms with van der Waals surface area (Å²) in [6.07, 6.45) is 4.23. The summed E-state index contributed by atoms with van der Waals surface area (Å²) in [5.74, 6) is 0.607. The average Bonchev–Trinajstić information content (AvgIpc) is 3.44. The summed E-state index contributed by atoms with van der Waals surface area (Å²) in [7, 11) is 1.52. The quantitative estimate of drug-likeness (QED) is 0.346. The number of furan rings is 1. The van der Waals surface area contributed by atoms with Gasteiger partial charge in [-0.2, -0.15) is 5.10 Å². The maximum atomic E-state index is 13.5. The van der Waals surface area contributed by atoms with Gasteiger partial charge in [-0.3, -0.25) is 24.6 Å². The van der Waals surface area contributed by atoms with Gasteiger partial charge in [-0.05, 0) is 30.7 Å². The lowest BCUT2D eigenvalue weighted by molar-refractivity contribution is -0.386. The number of hydrogen-bond acceptors (Lipinski definition) is 7. The number of nitrogens with zero attached hydrogens (tertiary/aromatic N) is 4. The van der Waals surface area contributed by atoms with Gasteiger partial charge in [0.05, 0.1) is 43.8 Å². The molecule has 0 amide bonds. The monoisotopic (exact) mass is 437 g/mol. The van der Waals surface area contributed by atoms with Crippen LogP contribution in [0.5, 0.6) is 5.75 Å². The van der Waals surface area contributed by atoms with Crippen LogP contribution in [0.3, 0.4) is 0 Å². The Morgan fingerprint density at radius 3 is 2.41 bits per heavy atom. The minimum atomic E-state index is -0.991. The van der Waals surface area contributed by atoms with Gasteiger partial charge in [0.2, 0.25) is 0 Å². The van der Waals surface area contributed by atoms with Crippen LogP contribution < -0.4 is 16.0 Å². The van der Waals surface area contributed by atoms with E-state index in [1.54, 1.807) is 37.3 Å². The lowest BCUT2D eigenvalue weighted by Crippen LogP contribution is -2.42. The number of nitrogens with one attached hydrogen (secondary N) is 1. The van der Waals surface area contributed by atoms with Crippen molar-refractivity contribution in [3.05, 3.63) is 96.8 Å². The largest absolute Gasteiger partial charge is 0.497 e. The predicted octanol–water partition coefficient (Wildman–Crippen LogP) is 2.31. The number of rotatable bonds is 7. The van der Waals surface area contributed by atoms with Crippen molar-refractivity contribution in [3.63, 3.8) is 0 Å². The zero-order valence-corrected chi connectivity index (χ0v) is 17.3. The summed E-state index contributed by atoms with van der Waals surface area (Å²) in [4.78, 5) is 37.9. The molecule has 0 bridgehead atoms. The number of H-pyrrole nitrogens is 1. The molecule has 0 radical (unpaired) electrons. The van der Waals surface area contributed by atoms with Crippen LogP contribution in [0.1, 0.15) is 16.8 Å². The van der Waals surface area contributed by atoms with Gasteiger partial charge in [-0.15, -0.1) is 0 Å². The summed E-state index contributed by atoms with van der Waals surface area (Å²) >= 11 is 0. The van der Waals surface area contributed by atoms with Crippen LogP contribution in [0.4, 0.5) is 5.69 Å². The summed E-state index contributed by atoms with van der Waals surface area (Å²) in [6.45, 7) is 1.49. The van der Waals surface area contributed by atoms with Crippen LogP contribution in [0.2, 0.25) is 0 Å². The second kappa shape index (κ2) is 8.38. The van der Waals surface area contributed by atoms with Gasteiger partial charge >= 0.3 is 16.9 Å². The molecule has 0 spiro atoms. The fourth-order valence-electron chi connectivity index (χ4n) is 3.48. The molecule has 32 heavy (non-hydrogen) atoms. The van der Waals surface area contributed by atoms with Gasteiger partial charge in [0.15, 0.2) is 0 Å². The van der Waals surface area contributed by atoms with Gasteiger partial charge in [0.1, 0.15) is 11.4 Å². The minimum Gasteiger partial charge on any atom is -0.497 e. The number of hydrogen-bond donors (Lipinski definition) is 1. The Morgan fingerprint density at radius 1 is 1.12 bits per heavy atom. The highest BCUT2D eigenvalue weighted by Crippen LogP contribution is 2.28. The zero-order chi connectivity index (χ0) is 22.8. The first-order valence-electron chi connectivity index (χ1n) is 9.57. The molecule has 0 saturated carbocycles. The Bertz CT molecular complexity index is 1380. The number of methoxy groups -OCH3 is 1. The van der Waals surface area contributed by atoms with E-state index >= 15 is 0 Å². The lowest BCUT2D eigenvalue weighted by atomic mass is 10.1. The van der Waals surface area contributed by atoms with E-state index < -0.39 is 21.9 Å². The molecule has 0 aliphatic heterocycles. The Balaban J connectivity index is 1.98. The highest BCUT2D eigenvalue weighted by molar-refractivity contribution is 5.70. The third kappa shape index (κ3) is 3.71. The fourth-order valence-corrected chi connectivity index (χ4v) is 3.48. The molecule has 0 saturated heterocycles. The summed E-state index contributed by atoms with van der Waals surface area (Å²) < 4.78 is 12.3. The molecule has 11 nitrogen and oxygen atoms in total. The molecule has 11 heteroatoms. The third-order valence-corrected chi connectivity index (χ3v) is 5.09. The van der Waals surface area contributed by atoms with E-state index in [1.807, 2.05) is 0 Å². The third-order valence-electron chi connectivity index (χ3n) is 5.09. The first kappa shape index (κ1) is 20.8. The number of aryl methyl sites for hydroxylation is 1. The van der Waals surface area contributed by atoms with Crippen molar-refractivity contribution in [2.75, 3.05) is 7.11 Å². The highest BCUT2D eigenvalue weighted by atomic mass is 16.6. The molecule has 3 heterocycles. The lowest BCUT2D eigenvalue weighted by Gasteiger charge is -2.15. The minimum absolute atomic E-state index is 0.0288. The molecule has 0 aliphatic carbocycles. The summed E-state index contributed by atoms with van der Waals surface area (Å²) in [5, 5.41) is 18.6. The molecule has 4 aromatic rings. The van der Waals surface area contributed by atoms with Crippen LogP contribution in [-0.4, -0.2) is 31.4 Å². The van der Waals surface area contributed by atoms with Gasteiger partial charge in [0, 0.05) is 16.8 Å². The van der Waals surface area contributed by atoms with Crippen LogP contribution in [0.25, 0.3) is 11.3 Å². The Labute approximate surface area is 180 Å².